The summed E-state index contributed by atoms with van der Waals surface area (Å²) in [5.41, 5.74) is 0.250. The van der Waals surface area contributed by atoms with Crippen LogP contribution in [0.4, 0.5) is 0 Å². The first-order valence-electron chi connectivity index (χ1n) is 6.48. The Balaban J connectivity index is 2.30. The van der Waals surface area contributed by atoms with Crippen LogP contribution in [-0.2, 0) is 4.79 Å². The van der Waals surface area contributed by atoms with E-state index in [1.54, 1.807) is 6.07 Å². The molecular weight excluding hydrogens is 328 g/mol. The van der Waals surface area contributed by atoms with E-state index in [-0.39, 0.29) is 11.7 Å². The molecule has 1 aliphatic carbocycles. The largest absolute Gasteiger partial charge is 0.493 e. The van der Waals surface area contributed by atoms with Crippen molar-refractivity contribution in [2.24, 2.45) is 0 Å². The van der Waals surface area contributed by atoms with Crippen LogP contribution in [0.1, 0.15) is 37.4 Å². The number of carboxylic acid groups (broad SMARTS) is 1. The number of benzene rings is 1. The fourth-order valence-corrected chi connectivity index (χ4v) is 2.88. The molecule has 1 atom stereocenters. The zero-order valence-electron chi connectivity index (χ0n) is 11.1. The average molecular weight is 345 g/mol. The lowest BCUT2D eigenvalue weighted by Crippen LogP contribution is -2.14. The van der Waals surface area contributed by atoms with Crippen LogP contribution in [0.25, 0.3) is 0 Å². The van der Waals surface area contributed by atoms with Gasteiger partial charge in [-0.1, -0.05) is 0 Å². The van der Waals surface area contributed by atoms with Gasteiger partial charge in [0, 0.05) is 0 Å². The summed E-state index contributed by atoms with van der Waals surface area (Å²) >= 11 is 3.35. The minimum atomic E-state index is -1.58. The SMILES string of the molecule is COc1cc(C(O)C(=O)O)cc(Br)c1OC1CCCC1. The van der Waals surface area contributed by atoms with E-state index in [1.165, 1.54) is 13.2 Å². The number of aliphatic hydroxyl groups is 1. The number of aliphatic hydroxyl groups excluding tert-OH is 1. The molecule has 1 fully saturated rings. The molecule has 20 heavy (non-hydrogen) atoms. The number of hydrogen-bond donors (Lipinski definition) is 2. The number of rotatable bonds is 5. The third kappa shape index (κ3) is 3.24. The van der Waals surface area contributed by atoms with Gasteiger partial charge in [-0.05, 0) is 59.3 Å². The second-order valence-electron chi connectivity index (χ2n) is 4.80. The second-order valence-corrected chi connectivity index (χ2v) is 5.65. The number of aliphatic carboxylic acids is 1. The molecule has 0 amide bonds. The summed E-state index contributed by atoms with van der Waals surface area (Å²) in [7, 11) is 1.49. The van der Waals surface area contributed by atoms with Crippen LogP contribution in [0.2, 0.25) is 0 Å². The Morgan fingerprint density at radius 2 is 2.05 bits per heavy atom. The van der Waals surface area contributed by atoms with Gasteiger partial charge in [-0.25, -0.2) is 4.79 Å². The molecule has 1 aromatic carbocycles. The molecule has 6 heteroatoms. The maximum absolute atomic E-state index is 10.8. The van der Waals surface area contributed by atoms with Crippen molar-refractivity contribution in [3.05, 3.63) is 22.2 Å². The first kappa shape index (κ1) is 15.1. The van der Waals surface area contributed by atoms with Crippen molar-refractivity contribution >= 4 is 21.9 Å². The van der Waals surface area contributed by atoms with Crippen molar-refractivity contribution in [2.75, 3.05) is 7.11 Å². The lowest BCUT2D eigenvalue weighted by Gasteiger charge is -2.19. The Hall–Kier alpha value is -1.27. The van der Waals surface area contributed by atoms with Gasteiger partial charge in [0.25, 0.3) is 0 Å². The monoisotopic (exact) mass is 344 g/mol. The number of ether oxygens (including phenoxy) is 2. The van der Waals surface area contributed by atoms with Gasteiger partial charge in [0.2, 0.25) is 0 Å². The third-order valence-electron chi connectivity index (χ3n) is 3.39. The van der Waals surface area contributed by atoms with E-state index < -0.39 is 12.1 Å². The minimum absolute atomic E-state index is 0.162. The summed E-state index contributed by atoms with van der Waals surface area (Å²) in [5, 5.41) is 18.5. The number of carboxylic acids is 1. The van der Waals surface area contributed by atoms with Crippen molar-refractivity contribution in [3.8, 4) is 11.5 Å². The van der Waals surface area contributed by atoms with E-state index in [0.29, 0.717) is 16.0 Å². The molecule has 0 spiro atoms. The van der Waals surface area contributed by atoms with E-state index in [4.69, 9.17) is 14.6 Å². The van der Waals surface area contributed by atoms with E-state index in [1.807, 2.05) is 0 Å². The summed E-state index contributed by atoms with van der Waals surface area (Å²) in [4.78, 5) is 10.8. The van der Waals surface area contributed by atoms with Crippen LogP contribution in [0.5, 0.6) is 11.5 Å². The Kier molecular flexibility index (Phi) is 4.88. The molecule has 2 N–H and O–H groups in total. The zero-order valence-corrected chi connectivity index (χ0v) is 12.7. The first-order chi connectivity index (χ1) is 9.52. The van der Waals surface area contributed by atoms with Gasteiger partial charge in [-0.3, -0.25) is 0 Å². The zero-order chi connectivity index (χ0) is 14.7. The predicted octanol–water partition coefficient (Wildman–Crippen LogP) is 2.90. The van der Waals surface area contributed by atoms with E-state index >= 15 is 0 Å². The van der Waals surface area contributed by atoms with Crippen molar-refractivity contribution in [2.45, 2.75) is 37.9 Å². The highest BCUT2D eigenvalue weighted by Crippen LogP contribution is 2.40. The summed E-state index contributed by atoms with van der Waals surface area (Å²) in [6.07, 6.45) is 2.90. The summed E-state index contributed by atoms with van der Waals surface area (Å²) in [5.74, 6) is -0.328. The smallest absolute Gasteiger partial charge is 0.337 e. The molecule has 0 saturated heterocycles. The highest BCUT2D eigenvalue weighted by molar-refractivity contribution is 9.10. The van der Waals surface area contributed by atoms with Gasteiger partial charge in [-0.15, -0.1) is 0 Å². The summed E-state index contributed by atoms with van der Waals surface area (Å²) < 4.78 is 11.8. The number of methoxy groups -OCH3 is 1. The third-order valence-corrected chi connectivity index (χ3v) is 3.98. The van der Waals surface area contributed by atoms with Gasteiger partial charge in [0.1, 0.15) is 0 Å². The molecule has 1 aliphatic rings. The quantitative estimate of drug-likeness (QED) is 0.858. The van der Waals surface area contributed by atoms with Crippen LogP contribution in [0.15, 0.2) is 16.6 Å². The van der Waals surface area contributed by atoms with Gasteiger partial charge in [-0.2, -0.15) is 0 Å². The van der Waals surface area contributed by atoms with Crippen molar-refractivity contribution in [1.82, 2.24) is 0 Å². The summed E-state index contributed by atoms with van der Waals surface area (Å²) in [6, 6.07) is 3.04. The van der Waals surface area contributed by atoms with E-state index in [0.717, 1.165) is 25.7 Å². The van der Waals surface area contributed by atoms with E-state index in [9.17, 15) is 9.90 Å². The van der Waals surface area contributed by atoms with Gasteiger partial charge in [0.15, 0.2) is 17.6 Å². The molecular formula is C14H17BrO5. The molecule has 2 rings (SSSR count). The van der Waals surface area contributed by atoms with Crippen molar-refractivity contribution in [1.29, 1.82) is 0 Å². The van der Waals surface area contributed by atoms with E-state index in [2.05, 4.69) is 15.9 Å². The van der Waals surface area contributed by atoms with Crippen LogP contribution in [0.3, 0.4) is 0 Å². The summed E-state index contributed by atoms with van der Waals surface area (Å²) in [6.45, 7) is 0. The Labute approximate surface area is 125 Å². The fraction of sp³-hybridized carbons (Fsp3) is 0.500. The highest BCUT2D eigenvalue weighted by atomic mass is 79.9. The minimum Gasteiger partial charge on any atom is -0.493 e. The maximum atomic E-state index is 10.8. The van der Waals surface area contributed by atoms with Crippen molar-refractivity contribution < 1.29 is 24.5 Å². The van der Waals surface area contributed by atoms with Gasteiger partial charge < -0.3 is 19.7 Å². The average Bonchev–Trinajstić information content (AvgIpc) is 2.92. The van der Waals surface area contributed by atoms with Crippen LogP contribution < -0.4 is 9.47 Å². The molecule has 0 radical (unpaired) electrons. The Morgan fingerprint density at radius 3 is 2.60 bits per heavy atom. The van der Waals surface area contributed by atoms with Gasteiger partial charge in [0.05, 0.1) is 17.7 Å². The molecule has 110 valence electrons. The predicted molar refractivity (Wildman–Crippen MR) is 76.2 cm³/mol. The fourth-order valence-electron chi connectivity index (χ4n) is 2.33. The molecule has 1 aromatic rings. The van der Waals surface area contributed by atoms with Crippen molar-refractivity contribution in [3.63, 3.8) is 0 Å². The second kappa shape index (κ2) is 6.45. The maximum Gasteiger partial charge on any atom is 0.337 e. The number of carbonyl (C=O) groups is 1. The molecule has 0 bridgehead atoms. The van der Waals surface area contributed by atoms with Crippen LogP contribution in [-0.4, -0.2) is 29.4 Å². The molecule has 1 saturated carbocycles. The topological polar surface area (TPSA) is 76.0 Å². The molecule has 0 aliphatic heterocycles. The normalized spacial score (nSPS) is 16.9. The van der Waals surface area contributed by atoms with Crippen LogP contribution >= 0.6 is 15.9 Å². The lowest BCUT2D eigenvalue weighted by molar-refractivity contribution is -0.146. The Bertz CT molecular complexity index is 497. The molecule has 0 heterocycles. The first-order valence-corrected chi connectivity index (χ1v) is 7.27. The lowest BCUT2D eigenvalue weighted by atomic mass is 10.1. The molecule has 5 nitrogen and oxygen atoms in total. The van der Waals surface area contributed by atoms with Crippen LogP contribution in [0, 0.1) is 0 Å². The number of hydrogen-bond acceptors (Lipinski definition) is 4. The highest BCUT2D eigenvalue weighted by Gasteiger charge is 2.23. The standard InChI is InChI=1S/C14H17BrO5/c1-19-11-7-8(12(16)14(17)18)6-10(15)13(11)20-9-4-2-3-5-9/h6-7,9,12,16H,2-5H2,1H3,(H,17,18). The molecule has 0 aromatic heterocycles. The molecule has 1 unspecified atom stereocenters. The number of halogens is 1. The van der Waals surface area contributed by atoms with Gasteiger partial charge >= 0.3 is 5.97 Å². The Morgan fingerprint density at radius 1 is 1.40 bits per heavy atom.